The van der Waals surface area contributed by atoms with E-state index >= 15 is 0 Å². The van der Waals surface area contributed by atoms with E-state index in [2.05, 4.69) is 26.0 Å². The molecular weight excluding hydrogens is 174 g/mol. The summed E-state index contributed by atoms with van der Waals surface area (Å²) in [6.07, 6.45) is 4.08. The zero-order chi connectivity index (χ0) is 10.4. The Hall–Kier alpha value is -1.57. The molecule has 0 amide bonds. The summed E-state index contributed by atoms with van der Waals surface area (Å²) in [6.45, 7) is 4.96. The molecule has 1 aromatic rings. The first-order valence-electron chi connectivity index (χ1n) is 4.73. The molecule has 0 unspecified atom stereocenters. The molecule has 2 heteroatoms. The summed E-state index contributed by atoms with van der Waals surface area (Å²) in [7, 11) is 0. The van der Waals surface area contributed by atoms with Crippen molar-refractivity contribution in [1.82, 2.24) is 0 Å². The molecule has 0 aliphatic carbocycles. The van der Waals surface area contributed by atoms with E-state index in [4.69, 9.17) is 0 Å². The summed E-state index contributed by atoms with van der Waals surface area (Å²) in [4.78, 5) is 12.2. The lowest BCUT2D eigenvalue weighted by molar-refractivity contribution is -0.104. The Balaban J connectivity index is 2.83. The third-order valence-corrected chi connectivity index (χ3v) is 2.05. The lowest BCUT2D eigenvalue weighted by Gasteiger charge is -2.17. The molecule has 1 rings (SSSR count). The molecule has 0 saturated heterocycles. The van der Waals surface area contributed by atoms with Crippen LogP contribution in [0.2, 0.25) is 0 Å². The molecule has 0 bridgehead atoms. The molecule has 0 atom stereocenters. The minimum absolute atomic E-state index is 0.789. The van der Waals surface area contributed by atoms with Gasteiger partial charge in [0.1, 0.15) is 6.29 Å². The van der Waals surface area contributed by atoms with E-state index in [9.17, 15) is 4.79 Å². The van der Waals surface area contributed by atoms with E-state index < -0.39 is 0 Å². The SMILES string of the molecule is CCN(/C=C/C=O)c1ccc(C)cc1. The van der Waals surface area contributed by atoms with Crippen LogP contribution in [-0.2, 0) is 4.79 Å². The van der Waals surface area contributed by atoms with Crippen molar-refractivity contribution in [3.63, 3.8) is 0 Å². The Kier molecular flexibility index (Phi) is 3.92. The zero-order valence-corrected chi connectivity index (χ0v) is 8.60. The van der Waals surface area contributed by atoms with Crippen molar-refractivity contribution in [2.75, 3.05) is 11.4 Å². The maximum Gasteiger partial charge on any atom is 0.144 e. The van der Waals surface area contributed by atoms with Gasteiger partial charge in [0.25, 0.3) is 0 Å². The molecule has 0 radical (unpaired) electrons. The minimum Gasteiger partial charge on any atom is -0.348 e. The maximum atomic E-state index is 10.2. The fraction of sp³-hybridized carbons (Fsp3) is 0.250. The average Bonchev–Trinajstić information content (AvgIpc) is 2.21. The van der Waals surface area contributed by atoms with Gasteiger partial charge in [-0.25, -0.2) is 0 Å². The topological polar surface area (TPSA) is 20.3 Å². The van der Waals surface area contributed by atoms with Gasteiger partial charge in [-0.05, 0) is 32.1 Å². The monoisotopic (exact) mass is 189 g/mol. The van der Waals surface area contributed by atoms with Gasteiger partial charge in [0.05, 0.1) is 0 Å². The molecule has 2 nitrogen and oxygen atoms in total. The normalized spacial score (nSPS) is 10.4. The number of benzene rings is 1. The highest BCUT2D eigenvalue weighted by atomic mass is 16.1. The number of carbonyl (C=O) groups is 1. The number of aldehydes is 1. The molecule has 0 N–H and O–H groups in total. The largest absolute Gasteiger partial charge is 0.348 e. The summed E-state index contributed by atoms with van der Waals surface area (Å²) in [5, 5.41) is 0. The van der Waals surface area contributed by atoms with Gasteiger partial charge in [-0.2, -0.15) is 0 Å². The van der Waals surface area contributed by atoms with E-state index in [1.54, 1.807) is 6.20 Å². The first-order chi connectivity index (χ1) is 6.77. The van der Waals surface area contributed by atoms with Crippen molar-refractivity contribution in [2.45, 2.75) is 13.8 Å². The van der Waals surface area contributed by atoms with Crippen LogP contribution in [0.3, 0.4) is 0 Å². The highest BCUT2D eigenvalue weighted by molar-refractivity contribution is 5.66. The fourth-order valence-electron chi connectivity index (χ4n) is 1.25. The Bertz CT molecular complexity index is 314. The first kappa shape index (κ1) is 10.5. The minimum atomic E-state index is 0.789. The predicted molar refractivity (Wildman–Crippen MR) is 59.4 cm³/mol. The standard InChI is InChI=1S/C12H15NO/c1-3-13(9-4-10-14)12-7-5-11(2)6-8-12/h4-10H,3H2,1-2H3/b9-4+. The van der Waals surface area contributed by atoms with Crippen molar-refractivity contribution in [1.29, 1.82) is 0 Å². The number of carbonyl (C=O) groups excluding carboxylic acids is 1. The van der Waals surface area contributed by atoms with Crippen LogP contribution in [0.25, 0.3) is 0 Å². The van der Waals surface area contributed by atoms with Crippen LogP contribution < -0.4 is 4.90 Å². The van der Waals surface area contributed by atoms with Crippen molar-refractivity contribution < 1.29 is 4.79 Å². The Morgan fingerprint density at radius 2 is 1.93 bits per heavy atom. The van der Waals surface area contributed by atoms with Crippen molar-refractivity contribution >= 4 is 12.0 Å². The number of allylic oxidation sites excluding steroid dienone is 1. The quantitative estimate of drug-likeness (QED) is 0.536. The van der Waals surface area contributed by atoms with E-state index in [1.165, 1.54) is 11.6 Å². The molecule has 0 saturated carbocycles. The summed E-state index contributed by atoms with van der Waals surface area (Å²) >= 11 is 0. The third-order valence-electron chi connectivity index (χ3n) is 2.05. The van der Waals surface area contributed by atoms with Gasteiger partial charge in [0.2, 0.25) is 0 Å². The average molecular weight is 189 g/mol. The van der Waals surface area contributed by atoms with Crippen LogP contribution in [0.4, 0.5) is 5.69 Å². The molecule has 0 fully saturated rings. The van der Waals surface area contributed by atoms with Gasteiger partial charge in [-0.1, -0.05) is 17.7 Å². The Morgan fingerprint density at radius 3 is 2.43 bits per heavy atom. The van der Waals surface area contributed by atoms with Crippen molar-refractivity contribution in [3.05, 3.63) is 42.1 Å². The van der Waals surface area contributed by atoms with Crippen LogP contribution in [0.15, 0.2) is 36.5 Å². The summed E-state index contributed by atoms with van der Waals surface area (Å²) in [5.41, 5.74) is 2.35. The smallest absolute Gasteiger partial charge is 0.144 e. The number of nitrogens with zero attached hydrogens (tertiary/aromatic N) is 1. The van der Waals surface area contributed by atoms with Crippen LogP contribution in [0.1, 0.15) is 12.5 Å². The highest BCUT2D eigenvalue weighted by Crippen LogP contribution is 2.14. The molecule has 1 aromatic carbocycles. The van der Waals surface area contributed by atoms with Gasteiger partial charge in [-0.3, -0.25) is 4.79 Å². The zero-order valence-electron chi connectivity index (χ0n) is 8.60. The molecule has 0 spiro atoms. The van der Waals surface area contributed by atoms with Gasteiger partial charge in [0, 0.05) is 18.4 Å². The Labute approximate surface area is 84.9 Å². The molecule has 14 heavy (non-hydrogen) atoms. The molecule has 74 valence electrons. The number of hydrogen-bond acceptors (Lipinski definition) is 2. The molecule has 0 aliphatic rings. The second-order valence-corrected chi connectivity index (χ2v) is 3.10. The van der Waals surface area contributed by atoms with Gasteiger partial charge < -0.3 is 4.90 Å². The second kappa shape index (κ2) is 5.22. The predicted octanol–water partition coefficient (Wildman–Crippen LogP) is 2.53. The van der Waals surface area contributed by atoms with Crippen LogP contribution in [-0.4, -0.2) is 12.8 Å². The van der Waals surface area contributed by atoms with Crippen LogP contribution in [0, 0.1) is 6.92 Å². The van der Waals surface area contributed by atoms with Crippen molar-refractivity contribution in [3.8, 4) is 0 Å². The van der Waals surface area contributed by atoms with Crippen LogP contribution in [0.5, 0.6) is 0 Å². The summed E-state index contributed by atoms with van der Waals surface area (Å²) < 4.78 is 0. The lowest BCUT2D eigenvalue weighted by Crippen LogP contribution is -2.14. The molecule has 0 heterocycles. The maximum absolute atomic E-state index is 10.2. The first-order valence-corrected chi connectivity index (χ1v) is 4.73. The number of anilines is 1. The van der Waals surface area contributed by atoms with Gasteiger partial charge in [-0.15, -0.1) is 0 Å². The molecular formula is C12H15NO. The second-order valence-electron chi connectivity index (χ2n) is 3.10. The number of aryl methyl sites for hydroxylation is 1. The van der Waals surface area contributed by atoms with Crippen LogP contribution >= 0.6 is 0 Å². The van der Waals surface area contributed by atoms with Gasteiger partial charge in [0.15, 0.2) is 0 Å². The third kappa shape index (κ3) is 2.73. The lowest BCUT2D eigenvalue weighted by atomic mass is 10.2. The summed E-state index contributed by atoms with van der Waals surface area (Å²) in [5.74, 6) is 0. The number of hydrogen-bond donors (Lipinski definition) is 0. The van der Waals surface area contributed by atoms with E-state index in [0.717, 1.165) is 18.5 Å². The summed E-state index contributed by atoms with van der Waals surface area (Å²) in [6, 6.07) is 8.22. The van der Waals surface area contributed by atoms with E-state index in [-0.39, 0.29) is 0 Å². The Morgan fingerprint density at radius 1 is 1.29 bits per heavy atom. The van der Waals surface area contributed by atoms with Gasteiger partial charge >= 0.3 is 0 Å². The molecule has 0 aromatic heterocycles. The van der Waals surface area contributed by atoms with Crippen molar-refractivity contribution in [2.24, 2.45) is 0 Å². The van der Waals surface area contributed by atoms with E-state index in [0.29, 0.717) is 0 Å². The fourth-order valence-corrected chi connectivity index (χ4v) is 1.25. The highest BCUT2D eigenvalue weighted by Gasteiger charge is 1.98. The number of rotatable bonds is 4. The van der Waals surface area contributed by atoms with E-state index in [1.807, 2.05) is 17.0 Å². The molecule has 0 aliphatic heterocycles.